The third-order valence-corrected chi connectivity index (χ3v) is 6.97. The van der Waals surface area contributed by atoms with E-state index in [1.54, 1.807) is 4.90 Å². The van der Waals surface area contributed by atoms with Crippen LogP contribution < -0.4 is 10.2 Å². The second-order valence-electron chi connectivity index (χ2n) is 9.15. The van der Waals surface area contributed by atoms with Gasteiger partial charge in [0.25, 0.3) is 5.91 Å². The zero-order valence-electron chi connectivity index (χ0n) is 21.2. The number of pyridine rings is 2. The summed E-state index contributed by atoms with van der Waals surface area (Å²) in [5, 5.41) is 11.7. The van der Waals surface area contributed by atoms with Crippen molar-refractivity contribution >= 4 is 42.1 Å². The molecule has 2 aromatic rings. The zero-order chi connectivity index (χ0) is 27.1. The minimum Gasteiger partial charge on any atom is -0.381 e. The number of carbonyl (C=O) groups is 3. The first-order valence-corrected chi connectivity index (χ1v) is 12.9. The number of amides is 3. The van der Waals surface area contributed by atoms with Gasteiger partial charge < -0.3 is 19.4 Å². The van der Waals surface area contributed by atoms with E-state index in [1.165, 1.54) is 37.1 Å². The molecular formula is C26H30N6O5S. The molecule has 0 aliphatic carbocycles. The van der Waals surface area contributed by atoms with E-state index in [2.05, 4.69) is 15.3 Å². The molecule has 2 fully saturated rings. The molecule has 0 bridgehead atoms. The molecule has 0 aromatic carbocycles. The average Bonchev–Trinajstić information content (AvgIpc) is 3.62. The van der Waals surface area contributed by atoms with Gasteiger partial charge in [-0.15, -0.1) is 0 Å². The van der Waals surface area contributed by atoms with Crippen molar-refractivity contribution in [1.82, 2.24) is 14.9 Å². The molecular weight excluding hydrogens is 508 g/mol. The minimum absolute atomic E-state index is 0.104. The van der Waals surface area contributed by atoms with Crippen LogP contribution in [0, 0.1) is 15.8 Å². The lowest BCUT2D eigenvalue weighted by Gasteiger charge is -2.29. The van der Waals surface area contributed by atoms with Crippen molar-refractivity contribution in [2.75, 3.05) is 43.6 Å². The van der Waals surface area contributed by atoms with Gasteiger partial charge in [0, 0.05) is 58.1 Å². The van der Waals surface area contributed by atoms with Gasteiger partial charge in [-0.3, -0.25) is 19.8 Å². The molecule has 11 nitrogen and oxygen atoms in total. The maximum atomic E-state index is 13.0. The summed E-state index contributed by atoms with van der Waals surface area (Å²) in [4.78, 5) is 47.6. The quantitative estimate of drug-likeness (QED) is 0.436. The largest absolute Gasteiger partial charge is 0.381 e. The number of aldehydes is 1. The molecule has 5 rings (SSSR count). The number of likely N-dealkylation sites (tertiary alicyclic amines) is 1. The van der Waals surface area contributed by atoms with Crippen LogP contribution >= 0.6 is 12.2 Å². The number of nitrogens with zero attached hydrogens (tertiary/aromatic N) is 4. The maximum absolute atomic E-state index is 13.0. The van der Waals surface area contributed by atoms with E-state index in [0.717, 1.165) is 25.2 Å². The number of rotatable bonds is 5. The Morgan fingerprint density at radius 2 is 2.13 bits per heavy atom. The summed E-state index contributed by atoms with van der Waals surface area (Å²) in [6.07, 6.45) is 6.21. The highest BCUT2D eigenvalue weighted by atomic mass is 32.1. The predicted molar refractivity (Wildman–Crippen MR) is 142 cm³/mol. The van der Waals surface area contributed by atoms with Crippen LogP contribution in [0.4, 0.5) is 16.4 Å². The number of anilines is 2. The second-order valence-corrected chi connectivity index (χ2v) is 9.59. The summed E-state index contributed by atoms with van der Waals surface area (Å²) in [5.74, 6) is 0.663. The van der Waals surface area contributed by atoms with Gasteiger partial charge in [0.2, 0.25) is 0 Å². The second kappa shape index (κ2) is 12.7. The fourth-order valence-electron chi connectivity index (χ4n) is 4.60. The lowest BCUT2D eigenvalue weighted by molar-refractivity contribution is -0.136. The van der Waals surface area contributed by atoms with E-state index >= 15 is 0 Å². The number of urea groups is 1. The highest BCUT2D eigenvalue weighted by Gasteiger charge is 2.33. The summed E-state index contributed by atoms with van der Waals surface area (Å²) < 4.78 is 10.5. The molecule has 5 heterocycles. The monoisotopic (exact) mass is 538 g/mol. The normalized spacial score (nSPS) is 18.3. The van der Waals surface area contributed by atoms with Gasteiger partial charge in [-0.05, 0) is 43.4 Å². The van der Waals surface area contributed by atoms with Gasteiger partial charge >= 0.3 is 6.03 Å². The van der Waals surface area contributed by atoms with Gasteiger partial charge in [-0.1, -0.05) is 12.2 Å². The molecule has 2 saturated heterocycles. The van der Waals surface area contributed by atoms with Crippen LogP contribution in [0.1, 0.15) is 52.9 Å². The molecule has 200 valence electrons. The molecule has 0 spiro atoms. The van der Waals surface area contributed by atoms with Crippen LogP contribution in [0.3, 0.4) is 0 Å². The van der Waals surface area contributed by atoms with E-state index in [1.807, 2.05) is 12.1 Å². The highest BCUT2D eigenvalue weighted by Crippen LogP contribution is 2.29. The predicted octanol–water partition coefficient (Wildman–Crippen LogP) is 3.35. The number of methoxy groups -OCH3 is 1. The summed E-state index contributed by atoms with van der Waals surface area (Å²) in [5.41, 5.74) is 1.98. The van der Waals surface area contributed by atoms with Gasteiger partial charge in [0.1, 0.15) is 29.5 Å². The Morgan fingerprint density at radius 1 is 1.34 bits per heavy atom. The molecule has 12 heteroatoms. The molecule has 0 saturated carbocycles. The molecule has 1 atom stereocenters. The van der Waals surface area contributed by atoms with Crippen molar-refractivity contribution in [3.63, 3.8) is 0 Å². The van der Waals surface area contributed by atoms with Crippen LogP contribution in [-0.2, 0) is 27.2 Å². The first kappa shape index (κ1) is 27.4. The SMILES string of the molecule is C1CCOC1.COC1CCN(Cc2cc3c(nc2C=O)N(C(=O)Nc2cc(=S)c(C#N)c[nH]2)CCC3)C1=O. The van der Waals surface area contributed by atoms with Crippen molar-refractivity contribution in [3.05, 3.63) is 45.2 Å². The smallest absolute Gasteiger partial charge is 0.328 e. The molecule has 2 N–H and O–H groups in total. The van der Waals surface area contributed by atoms with Gasteiger partial charge in [0.05, 0.1) is 10.1 Å². The maximum Gasteiger partial charge on any atom is 0.328 e. The Hall–Kier alpha value is -3.66. The molecule has 1 unspecified atom stereocenters. The zero-order valence-corrected chi connectivity index (χ0v) is 22.0. The Kier molecular flexibility index (Phi) is 9.17. The molecule has 2 aromatic heterocycles. The van der Waals surface area contributed by atoms with E-state index in [0.29, 0.717) is 59.5 Å². The first-order chi connectivity index (χ1) is 18.4. The summed E-state index contributed by atoms with van der Waals surface area (Å²) in [7, 11) is 1.51. The van der Waals surface area contributed by atoms with Crippen LogP contribution in [-0.4, -0.2) is 72.6 Å². The Labute approximate surface area is 225 Å². The van der Waals surface area contributed by atoms with Crippen LogP contribution in [0.5, 0.6) is 0 Å². The van der Waals surface area contributed by atoms with Gasteiger partial charge in [-0.2, -0.15) is 5.26 Å². The number of aromatic amines is 1. The number of nitriles is 1. The van der Waals surface area contributed by atoms with Crippen LogP contribution in [0.15, 0.2) is 18.3 Å². The number of aryl methyl sites for hydroxylation is 1. The van der Waals surface area contributed by atoms with Gasteiger partial charge in [-0.25, -0.2) is 9.78 Å². The molecule has 0 radical (unpaired) electrons. The number of fused-ring (bicyclic) bond motifs is 1. The van der Waals surface area contributed by atoms with Crippen molar-refractivity contribution < 1.29 is 23.9 Å². The Morgan fingerprint density at radius 3 is 2.74 bits per heavy atom. The standard InChI is InChI=1S/C22H22N6O4S.C4H8O/c1-32-17-4-6-27(21(17)30)11-14-7-13-3-2-5-28(20(13)25-16(14)12-29)22(31)26-19-8-18(33)15(9-23)10-24-19;1-2-4-5-3-1/h7-8,10,12,17H,2-6,11H2,1H3,(H2,24,26,31,33);1-4H2. The van der Waals surface area contributed by atoms with Crippen molar-refractivity contribution in [1.29, 1.82) is 5.26 Å². The Bertz CT molecular complexity index is 1290. The third kappa shape index (κ3) is 6.24. The van der Waals surface area contributed by atoms with E-state index in [4.69, 9.17) is 27.0 Å². The fourth-order valence-corrected chi connectivity index (χ4v) is 4.82. The number of hydrogen-bond donors (Lipinski definition) is 2. The summed E-state index contributed by atoms with van der Waals surface area (Å²) >= 11 is 5.15. The fraction of sp³-hybridized carbons (Fsp3) is 0.462. The molecule has 3 aliphatic rings. The number of carbonyl (C=O) groups excluding carboxylic acids is 3. The van der Waals surface area contributed by atoms with Gasteiger partial charge in [0.15, 0.2) is 6.29 Å². The summed E-state index contributed by atoms with van der Waals surface area (Å²) in [6.45, 7) is 3.24. The highest BCUT2D eigenvalue weighted by molar-refractivity contribution is 7.71. The topological polar surface area (TPSA) is 141 Å². The van der Waals surface area contributed by atoms with Crippen LogP contribution in [0.25, 0.3) is 0 Å². The number of H-pyrrole nitrogens is 1. The van der Waals surface area contributed by atoms with Crippen molar-refractivity contribution in [3.8, 4) is 6.07 Å². The average molecular weight is 539 g/mol. The number of hydrogen-bond acceptors (Lipinski definition) is 8. The minimum atomic E-state index is -0.455. The lowest BCUT2D eigenvalue weighted by Crippen LogP contribution is -2.40. The lowest BCUT2D eigenvalue weighted by atomic mass is 10.0. The van der Waals surface area contributed by atoms with Crippen molar-refractivity contribution in [2.24, 2.45) is 0 Å². The molecule has 3 amide bonds. The number of aromatic nitrogens is 2. The first-order valence-electron chi connectivity index (χ1n) is 12.5. The Balaban J connectivity index is 0.000000603. The number of nitrogens with one attached hydrogen (secondary N) is 2. The van der Waals surface area contributed by atoms with E-state index in [-0.39, 0.29) is 18.1 Å². The number of ether oxygens (including phenoxy) is 2. The van der Waals surface area contributed by atoms with Crippen LogP contribution in [0.2, 0.25) is 0 Å². The van der Waals surface area contributed by atoms with E-state index < -0.39 is 12.1 Å². The van der Waals surface area contributed by atoms with E-state index in [9.17, 15) is 14.4 Å². The molecule has 38 heavy (non-hydrogen) atoms. The molecule has 3 aliphatic heterocycles. The third-order valence-electron chi connectivity index (χ3n) is 6.63. The van der Waals surface area contributed by atoms with Crippen molar-refractivity contribution in [2.45, 2.75) is 44.8 Å². The summed E-state index contributed by atoms with van der Waals surface area (Å²) in [6, 6.07) is 4.90.